The molecule has 282 valence electrons. The molecule has 0 aliphatic carbocycles. The molecule has 3 rings (SSSR count). The van der Waals surface area contributed by atoms with Crippen molar-refractivity contribution >= 4 is 41.0 Å². The number of nitrogens with zero attached hydrogens (tertiary/aromatic N) is 3. The second-order valence-corrected chi connectivity index (χ2v) is 14.9. The highest BCUT2D eigenvalue weighted by Crippen LogP contribution is 2.31. The van der Waals surface area contributed by atoms with Gasteiger partial charge in [-0.05, 0) is 57.2 Å². The molecule has 51 heavy (non-hydrogen) atoms. The third-order valence-electron chi connectivity index (χ3n) is 9.58. The van der Waals surface area contributed by atoms with Crippen LogP contribution >= 0.6 is 11.3 Å². The molecule has 2 heterocycles. The van der Waals surface area contributed by atoms with E-state index >= 15 is 0 Å². The molecule has 1 aliphatic heterocycles. The Balaban J connectivity index is 1.79. The van der Waals surface area contributed by atoms with Gasteiger partial charge in [0.2, 0.25) is 11.8 Å². The van der Waals surface area contributed by atoms with Gasteiger partial charge in [-0.3, -0.25) is 28.9 Å². The molecular weight excluding hydrogens is 671 g/mol. The van der Waals surface area contributed by atoms with Crippen LogP contribution in [0, 0.1) is 11.8 Å². The van der Waals surface area contributed by atoms with E-state index in [4.69, 9.17) is 9.47 Å². The van der Waals surface area contributed by atoms with Crippen LogP contribution < -0.4 is 10.6 Å². The number of nitrogens with one attached hydrogen (secondary N) is 2. The number of carbonyl (C=O) groups excluding carboxylic acids is 5. The normalized spacial score (nSPS) is 17.8. The lowest BCUT2D eigenvalue weighted by Gasteiger charge is -2.37. The number of hydrogen-bond acceptors (Lipinski definition) is 10. The molecule has 1 aliphatic rings. The monoisotopic (exact) mass is 727 g/mol. The fourth-order valence-corrected chi connectivity index (χ4v) is 7.58. The van der Waals surface area contributed by atoms with Gasteiger partial charge in [0, 0.05) is 37.9 Å². The van der Waals surface area contributed by atoms with Crippen LogP contribution in [0.3, 0.4) is 0 Å². The molecule has 1 aromatic heterocycles. The van der Waals surface area contributed by atoms with Crippen LogP contribution in [-0.2, 0) is 35.1 Å². The number of hydrogen-bond donors (Lipinski definition) is 2. The molecule has 2 N–H and O–H groups in total. The molecule has 3 amide bonds. The number of thiazole rings is 1. The maximum atomic E-state index is 14.0. The Morgan fingerprint density at radius 1 is 1.06 bits per heavy atom. The van der Waals surface area contributed by atoms with Gasteiger partial charge in [-0.2, -0.15) is 0 Å². The minimum atomic E-state index is -0.814. The number of amides is 3. The highest BCUT2D eigenvalue weighted by molar-refractivity contribution is 7.09. The van der Waals surface area contributed by atoms with Gasteiger partial charge >= 0.3 is 11.9 Å². The average Bonchev–Trinajstić information content (AvgIpc) is 3.60. The zero-order chi connectivity index (χ0) is 37.7. The number of ether oxygens (including phenoxy) is 2. The van der Waals surface area contributed by atoms with Gasteiger partial charge in [0.1, 0.15) is 16.7 Å². The number of methoxy groups -OCH3 is 1. The quantitative estimate of drug-likeness (QED) is 0.204. The van der Waals surface area contributed by atoms with E-state index in [1.807, 2.05) is 63.1 Å². The molecular formula is C38H57N5O7S. The third-order valence-corrected chi connectivity index (χ3v) is 10.5. The highest BCUT2D eigenvalue weighted by Gasteiger charge is 2.35. The number of rotatable bonds is 18. The standard InChI is InChI=1S/C38H57N5O7S/c1-9-15-29(40-35(46)31-18-13-14-19-42(31)6)37(47)43(7)32(24(2)3)22-33(50-26(5)44)36-41-30(23-51-36)34(45)39-28(20-25(4)38(48)49-8)21-27-16-11-10-12-17-27/h10-12,16-17,23-25,28-29,31-33H,9,13-15,18-22H2,1-8H3,(H,39,45)(H,40,46)/t25-,28+,29-,31+,32+,33+/m0/s1. The first-order chi connectivity index (χ1) is 24.2. The van der Waals surface area contributed by atoms with Crippen LogP contribution in [0.25, 0.3) is 0 Å². The third kappa shape index (κ3) is 12.4. The summed E-state index contributed by atoms with van der Waals surface area (Å²) < 4.78 is 10.7. The van der Waals surface area contributed by atoms with Crippen molar-refractivity contribution < 1.29 is 33.4 Å². The molecule has 1 saturated heterocycles. The van der Waals surface area contributed by atoms with Crippen molar-refractivity contribution in [1.82, 2.24) is 25.4 Å². The lowest BCUT2D eigenvalue weighted by atomic mass is 9.95. The zero-order valence-electron chi connectivity index (χ0n) is 31.5. The average molecular weight is 728 g/mol. The van der Waals surface area contributed by atoms with Gasteiger partial charge in [0.05, 0.1) is 19.1 Å². The van der Waals surface area contributed by atoms with Crippen LogP contribution in [0.1, 0.15) is 107 Å². The molecule has 0 saturated carbocycles. The SMILES string of the molecule is CCC[C@H](NC(=O)[C@H]1CCCCN1C)C(=O)N(C)[C@H](C[C@@H](OC(C)=O)c1nc(C(=O)N[C@@H](Cc2ccccc2)C[C@H](C)C(=O)OC)cs1)C(C)C. The van der Waals surface area contributed by atoms with Crippen molar-refractivity contribution in [2.24, 2.45) is 11.8 Å². The first kappa shape index (κ1) is 41.6. The zero-order valence-corrected chi connectivity index (χ0v) is 32.3. The van der Waals surface area contributed by atoms with E-state index in [0.717, 1.165) is 31.4 Å². The Labute approximate surface area is 307 Å². The summed E-state index contributed by atoms with van der Waals surface area (Å²) in [6.45, 7) is 9.90. The molecule has 12 nitrogen and oxygen atoms in total. The number of benzene rings is 1. The Morgan fingerprint density at radius 2 is 1.76 bits per heavy atom. The predicted octanol–water partition coefficient (Wildman–Crippen LogP) is 4.93. The van der Waals surface area contributed by atoms with Crippen LogP contribution in [0.5, 0.6) is 0 Å². The van der Waals surface area contributed by atoms with Crippen molar-refractivity contribution in [2.75, 3.05) is 27.7 Å². The molecule has 1 fully saturated rings. The summed E-state index contributed by atoms with van der Waals surface area (Å²) >= 11 is 1.21. The van der Waals surface area contributed by atoms with E-state index in [1.54, 1.807) is 24.3 Å². The molecule has 13 heteroatoms. The van der Waals surface area contributed by atoms with Crippen molar-refractivity contribution in [3.8, 4) is 0 Å². The maximum absolute atomic E-state index is 14.0. The van der Waals surface area contributed by atoms with Crippen LogP contribution in [0.2, 0.25) is 0 Å². The summed E-state index contributed by atoms with van der Waals surface area (Å²) in [6, 6.07) is 8.01. The van der Waals surface area contributed by atoms with Crippen LogP contribution in [-0.4, -0.2) is 96.4 Å². The van der Waals surface area contributed by atoms with Gasteiger partial charge in [-0.1, -0.05) is 70.9 Å². The summed E-state index contributed by atoms with van der Waals surface area (Å²) in [5.41, 5.74) is 1.18. The van der Waals surface area contributed by atoms with E-state index in [1.165, 1.54) is 25.4 Å². The first-order valence-electron chi connectivity index (χ1n) is 18.1. The van der Waals surface area contributed by atoms with Gasteiger partial charge in [-0.25, -0.2) is 4.98 Å². The second kappa shape index (κ2) is 20.3. The highest BCUT2D eigenvalue weighted by atomic mass is 32.1. The predicted molar refractivity (Wildman–Crippen MR) is 197 cm³/mol. The summed E-state index contributed by atoms with van der Waals surface area (Å²) in [5, 5.41) is 8.14. The van der Waals surface area contributed by atoms with Crippen molar-refractivity contribution in [3.63, 3.8) is 0 Å². The molecule has 2 aromatic rings. The Bertz CT molecular complexity index is 1450. The molecule has 0 unspecified atom stereocenters. The van der Waals surface area contributed by atoms with Crippen molar-refractivity contribution in [2.45, 2.75) is 116 Å². The summed E-state index contributed by atoms with van der Waals surface area (Å²) in [7, 11) is 5.01. The van der Waals surface area contributed by atoms with Crippen LogP contribution in [0.15, 0.2) is 35.7 Å². The van der Waals surface area contributed by atoms with Crippen molar-refractivity contribution in [3.05, 3.63) is 52.0 Å². The maximum Gasteiger partial charge on any atom is 0.308 e. The Hall–Kier alpha value is -3.84. The second-order valence-electron chi connectivity index (χ2n) is 14.0. The van der Waals surface area contributed by atoms with Gasteiger partial charge < -0.3 is 25.0 Å². The van der Waals surface area contributed by atoms with E-state index in [-0.39, 0.29) is 53.9 Å². The lowest BCUT2D eigenvalue weighted by Crippen LogP contribution is -2.56. The topological polar surface area (TPSA) is 147 Å². The smallest absolute Gasteiger partial charge is 0.308 e. The van der Waals surface area contributed by atoms with E-state index in [0.29, 0.717) is 30.7 Å². The molecule has 1 aromatic carbocycles. The Kier molecular flexibility index (Phi) is 16.5. The number of likely N-dealkylation sites (N-methyl/N-ethyl adjacent to an activating group) is 2. The molecule has 0 spiro atoms. The summed E-state index contributed by atoms with van der Waals surface area (Å²) in [6.07, 6.45) is 4.32. The fourth-order valence-electron chi connectivity index (χ4n) is 6.74. The number of likely N-dealkylation sites (tertiary alicyclic amines) is 1. The van der Waals surface area contributed by atoms with Gasteiger partial charge in [0.15, 0.2) is 6.10 Å². The molecule has 0 bridgehead atoms. The van der Waals surface area contributed by atoms with Crippen molar-refractivity contribution in [1.29, 1.82) is 0 Å². The number of piperidine rings is 1. The first-order valence-corrected chi connectivity index (χ1v) is 19.0. The summed E-state index contributed by atoms with van der Waals surface area (Å²) in [5.74, 6) is -2.07. The number of carbonyl (C=O) groups is 5. The van der Waals surface area contributed by atoms with E-state index < -0.39 is 29.9 Å². The van der Waals surface area contributed by atoms with Gasteiger partial charge in [-0.15, -0.1) is 11.3 Å². The molecule has 0 radical (unpaired) electrons. The lowest BCUT2D eigenvalue weighted by molar-refractivity contribution is -0.149. The minimum Gasteiger partial charge on any atom is -0.469 e. The van der Waals surface area contributed by atoms with E-state index in [2.05, 4.69) is 15.6 Å². The summed E-state index contributed by atoms with van der Waals surface area (Å²) in [4.78, 5) is 73.6. The number of esters is 2. The van der Waals surface area contributed by atoms with Gasteiger partial charge in [0.25, 0.3) is 5.91 Å². The number of aromatic nitrogens is 1. The van der Waals surface area contributed by atoms with Crippen LogP contribution in [0.4, 0.5) is 0 Å². The largest absolute Gasteiger partial charge is 0.469 e. The van der Waals surface area contributed by atoms with E-state index in [9.17, 15) is 24.0 Å². The minimum absolute atomic E-state index is 0.0299. The Morgan fingerprint density at radius 3 is 2.37 bits per heavy atom. The fraction of sp³-hybridized carbons (Fsp3) is 0.632. The molecule has 6 atom stereocenters.